The Balaban J connectivity index is 0. The van der Waals surface area contributed by atoms with E-state index in [2.05, 4.69) is 36.6 Å². The number of hydrogen-bond donors (Lipinski definition) is 7. The monoisotopic (exact) mass is 674 g/mol. The first-order valence-electron chi connectivity index (χ1n) is 15.7. The van der Waals surface area contributed by atoms with Crippen LogP contribution in [-0.4, -0.2) is 74.8 Å². The van der Waals surface area contributed by atoms with E-state index in [0.29, 0.717) is 45.2 Å². The lowest BCUT2D eigenvalue weighted by Crippen LogP contribution is -2.42. The van der Waals surface area contributed by atoms with Gasteiger partial charge in [-0.1, -0.05) is 32.8 Å². The zero-order valence-electron chi connectivity index (χ0n) is 27.6. The Kier molecular flexibility index (Phi) is 25.7. The number of primary amides is 1. The summed E-state index contributed by atoms with van der Waals surface area (Å²) in [7, 11) is 0. The molecule has 0 saturated heterocycles. The lowest BCUT2D eigenvalue weighted by molar-refractivity contribution is -0.131. The lowest BCUT2D eigenvalue weighted by atomic mass is 9.83. The maximum absolute atomic E-state index is 13.2. The normalized spacial score (nSPS) is 13.7. The largest absolute Gasteiger partial charge is 0.369 e. The summed E-state index contributed by atoms with van der Waals surface area (Å²) in [5, 5.41) is 16.9. The van der Waals surface area contributed by atoms with E-state index in [1.807, 2.05) is 6.92 Å². The van der Waals surface area contributed by atoms with E-state index >= 15 is 0 Å². The summed E-state index contributed by atoms with van der Waals surface area (Å²) in [6.45, 7) is 8.08. The zero-order chi connectivity index (χ0) is 34.2. The Morgan fingerprint density at radius 1 is 0.717 bits per heavy atom. The summed E-state index contributed by atoms with van der Waals surface area (Å²) >= 11 is 0. The second-order valence-corrected chi connectivity index (χ2v) is 11.4. The van der Waals surface area contributed by atoms with Crippen molar-refractivity contribution in [3.8, 4) is 0 Å². The Morgan fingerprint density at radius 2 is 1.28 bits per heavy atom. The van der Waals surface area contributed by atoms with Gasteiger partial charge >= 0.3 is 0 Å². The Bertz CT molecular complexity index is 1010. The van der Waals surface area contributed by atoms with Gasteiger partial charge in [0, 0.05) is 60.7 Å². The van der Waals surface area contributed by atoms with Crippen LogP contribution >= 0.6 is 12.4 Å². The molecule has 0 fully saturated rings. The van der Waals surface area contributed by atoms with Gasteiger partial charge in [-0.25, -0.2) is 0 Å². The van der Waals surface area contributed by atoms with Gasteiger partial charge in [0.25, 0.3) is 0 Å². The van der Waals surface area contributed by atoms with E-state index in [0.717, 1.165) is 6.42 Å². The van der Waals surface area contributed by atoms with Crippen LogP contribution in [0.15, 0.2) is 5.11 Å². The average molecular weight is 675 g/mol. The highest BCUT2D eigenvalue weighted by Gasteiger charge is 2.30. The maximum Gasteiger partial charge on any atom is 0.225 e. The standard InChI is InChI=1S/C29H54N10O6.ClH/c1-5-19(2)26(42)36-18-37-27(43)20(3)9-10-22(28(44)35-14-11-30)16-23(15-21(4)25(31)41)29(45)34-13-8-6-7-12-33-24(40)17-38-39-32;/h19-23H,5-18,30H2,1-4H3,(H2,31,41)(H,33,40)(H,34,45)(H,35,44)(H,36,42)(H,37,43);1H. The highest BCUT2D eigenvalue weighted by atomic mass is 35.5. The topological polar surface area (TPSA) is 263 Å². The molecule has 6 amide bonds. The van der Waals surface area contributed by atoms with E-state index < -0.39 is 29.6 Å². The average Bonchev–Trinajstić information content (AvgIpc) is 3.02. The second kappa shape index (κ2) is 26.6. The molecule has 0 aliphatic heterocycles. The van der Waals surface area contributed by atoms with Crippen molar-refractivity contribution in [3.05, 3.63) is 10.4 Å². The Hall–Kier alpha value is -3.62. The number of rotatable bonds is 25. The van der Waals surface area contributed by atoms with Crippen LogP contribution in [0.5, 0.6) is 0 Å². The first-order valence-corrected chi connectivity index (χ1v) is 15.7. The van der Waals surface area contributed by atoms with Crippen molar-refractivity contribution in [2.75, 3.05) is 39.4 Å². The number of amides is 6. The van der Waals surface area contributed by atoms with Crippen molar-refractivity contribution in [1.82, 2.24) is 26.6 Å². The zero-order valence-corrected chi connectivity index (χ0v) is 28.5. The fourth-order valence-corrected chi connectivity index (χ4v) is 4.39. The molecule has 16 nitrogen and oxygen atoms in total. The highest BCUT2D eigenvalue weighted by molar-refractivity contribution is 5.85. The molecule has 0 aromatic carbocycles. The van der Waals surface area contributed by atoms with E-state index in [1.165, 1.54) is 0 Å². The highest BCUT2D eigenvalue weighted by Crippen LogP contribution is 2.26. The quantitative estimate of drug-likeness (QED) is 0.0242. The first kappa shape index (κ1) is 44.5. The van der Waals surface area contributed by atoms with E-state index in [9.17, 15) is 28.8 Å². The third-order valence-electron chi connectivity index (χ3n) is 7.61. The molecule has 0 aliphatic carbocycles. The number of nitrogens with zero attached hydrogens (tertiary/aromatic N) is 3. The van der Waals surface area contributed by atoms with Crippen molar-refractivity contribution in [3.63, 3.8) is 0 Å². The van der Waals surface area contributed by atoms with Crippen molar-refractivity contribution in [2.45, 2.75) is 79.1 Å². The number of unbranched alkanes of at least 4 members (excludes halogenated alkanes) is 2. The molecule has 5 atom stereocenters. The van der Waals surface area contributed by atoms with Gasteiger partial charge in [-0.3, -0.25) is 28.8 Å². The minimum absolute atomic E-state index is 0. The summed E-state index contributed by atoms with van der Waals surface area (Å²) in [4.78, 5) is 76.7. The van der Waals surface area contributed by atoms with Crippen LogP contribution < -0.4 is 38.1 Å². The molecular weight excluding hydrogens is 620 g/mol. The first-order chi connectivity index (χ1) is 21.4. The summed E-state index contributed by atoms with van der Waals surface area (Å²) < 4.78 is 0. The van der Waals surface area contributed by atoms with Crippen molar-refractivity contribution >= 4 is 47.9 Å². The fourth-order valence-electron chi connectivity index (χ4n) is 4.39. The van der Waals surface area contributed by atoms with E-state index in [1.54, 1.807) is 20.8 Å². The maximum atomic E-state index is 13.2. The van der Waals surface area contributed by atoms with Gasteiger partial charge in [0.05, 0.1) is 6.67 Å². The molecule has 17 heteroatoms. The van der Waals surface area contributed by atoms with Gasteiger partial charge < -0.3 is 38.1 Å². The van der Waals surface area contributed by atoms with Gasteiger partial charge in [-0.05, 0) is 56.9 Å². The Morgan fingerprint density at radius 3 is 1.85 bits per heavy atom. The van der Waals surface area contributed by atoms with Crippen LogP contribution in [-0.2, 0) is 28.8 Å². The fraction of sp³-hybridized carbons (Fsp3) is 0.793. The molecule has 9 N–H and O–H groups in total. The Labute approximate surface area is 278 Å². The van der Waals surface area contributed by atoms with Crippen LogP contribution in [0.1, 0.15) is 79.1 Å². The van der Waals surface area contributed by atoms with Gasteiger partial charge in [0.15, 0.2) is 0 Å². The number of nitrogens with one attached hydrogen (secondary N) is 5. The van der Waals surface area contributed by atoms with Crippen LogP contribution in [0.4, 0.5) is 0 Å². The SMILES string of the molecule is CCC(C)C(=O)NCNC(=O)C(C)CCC(CC(CC(C)C(N)=O)C(=O)NCCCCCNC(=O)CN=[N+]=[N-])C(=O)NCCN.Cl. The summed E-state index contributed by atoms with van der Waals surface area (Å²) in [5.41, 5.74) is 19.3. The number of nitrogens with two attached hydrogens (primary N) is 2. The van der Waals surface area contributed by atoms with Gasteiger partial charge in [0.1, 0.15) is 6.54 Å². The number of carbonyl (C=O) groups excluding carboxylic acids is 6. The number of hydrogen-bond acceptors (Lipinski definition) is 8. The van der Waals surface area contributed by atoms with Crippen molar-refractivity contribution in [1.29, 1.82) is 0 Å². The molecular formula is C29H55ClN10O6. The molecule has 0 spiro atoms. The van der Waals surface area contributed by atoms with Crippen LogP contribution in [0.25, 0.3) is 10.4 Å². The van der Waals surface area contributed by atoms with E-state index in [-0.39, 0.29) is 87.0 Å². The molecule has 0 aromatic rings. The molecule has 0 aromatic heterocycles. The van der Waals surface area contributed by atoms with Crippen molar-refractivity contribution < 1.29 is 28.8 Å². The van der Waals surface area contributed by atoms with Crippen LogP contribution in [0.3, 0.4) is 0 Å². The molecule has 5 unspecified atom stereocenters. The minimum atomic E-state index is -0.680. The van der Waals surface area contributed by atoms with Crippen LogP contribution in [0.2, 0.25) is 0 Å². The summed E-state index contributed by atoms with van der Waals surface area (Å²) in [6, 6.07) is 0. The molecule has 0 bridgehead atoms. The number of carbonyl (C=O) groups is 6. The van der Waals surface area contributed by atoms with Gasteiger partial charge in [-0.2, -0.15) is 0 Å². The summed E-state index contributed by atoms with van der Waals surface area (Å²) in [5.74, 6) is -4.45. The van der Waals surface area contributed by atoms with Gasteiger partial charge in [0.2, 0.25) is 35.4 Å². The molecule has 0 heterocycles. The minimum Gasteiger partial charge on any atom is -0.369 e. The molecule has 46 heavy (non-hydrogen) atoms. The molecule has 0 radical (unpaired) electrons. The van der Waals surface area contributed by atoms with Gasteiger partial charge in [-0.15, -0.1) is 12.4 Å². The van der Waals surface area contributed by atoms with Crippen LogP contribution in [0, 0.1) is 29.6 Å². The van der Waals surface area contributed by atoms with E-state index in [4.69, 9.17) is 17.0 Å². The smallest absolute Gasteiger partial charge is 0.225 e. The molecule has 0 saturated carbocycles. The predicted molar refractivity (Wildman–Crippen MR) is 177 cm³/mol. The predicted octanol–water partition coefficient (Wildman–Crippen LogP) is 0.982. The second-order valence-electron chi connectivity index (χ2n) is 11.4. The van der Waals surface area contributed by atoms with Crippen molar-refractivity contribution in [2.24, 2.45) is 46.2 Å². The third kappa shape index (κ3) is 20.4. The number of halogens is 1. The summed E-state index contributed by atoms with van der Waals surface area (Å²) in [6.07, 6.45) is 3.68. The molecule has 0 aliphatic rings. The molecule has 0 rings (SSSR count). The third-order valence-corrected chi connectivity index (χ3v) is 7.61. The molecule has 264 valence electrons. The lowest BCUT2D eigenvalue weighted by Gasteiger charge is -2.25. The number of azide groups is 1.